The Balaban J connectivity index is 1.82. The Hall–Kier alpha value is -2.83. The van der Waals surface area contributed by atoms with Crippen LogP contribution in [0.4, 0.5) is 4.39 Å². The van der Waals surface area contributed by atoms with Gasteiger partial charge in [-0.1, -0.05) is 40.1 Å². The Kier molecular flexibility index (Phi) is 5.25. The Bertz CT molecular complexity index is 900. The van der Waals surface area contributed by atoms with Gasteiger partial charge in [0.15, 0.2) is 0 Å². The SMILES string of the molecule is Cc1onc(-c2c(F)cccc2Cl)c1C(=O)NC1C=CC(CN=[N+]=[N-])C1. The number of amides is 1. The average Bonchev–Trinajstić information content (AvgIpc) is 3.19. The van der Waals surface area contributed by atoms with Crippen molar-refractivity contribution >= 4 is 17.5 Å². The molecule has 26 heavy (non-hydrogen) atoms. The van der Waals surface area contributed by atoms with Gasteiger partial charge < -0.3 is 9.84 Å². The van der Waals surface area contributed by atoms with Gasteiger partial charge in [-0.3, -0.25) is 4.79 Å². The summed E-state index contributed by atoms with van der Waals surface area (Å²) < 4.78 is 19.3. The predicted molar refractivity (Wildman–Crippen MR) is 94.2 cm³/mol. The summed E-state index contributed by atoms with van der Waals surface area (Å²) in [6, 6.07) is 4.01. The number of aromatic nitrogens is 1. The second-order valence-corrected chi connectivity index (χ2v) is 6.34. The van der Waals surface area contributed by atoms with Gasteiger partial charge in [0.05, 0.1) is 10.6 Å². The summed E-state index contributed by atoms with van der Waals surface area (Å²) in [7, 11) is 0. The molecular formula is C17H15ClFN5O2. The summed E-state index contributed by atoms with van der Waals surface area (Å²) in [6.07, 6.45) is 4.35. The molecule has 0 radical (unpaired) electrons. The number of benzene rings is 1. The maximum atomic E-state index is 14.2. The van der Waals surface area contributed by atoms with E-state index in [0.29, 0.717) is 13.0 Å². The number of azide groups is 1. The molecule has 1 heterocycles. The molecule has 2 aromatic rings. The van der Waals surface area contributed by atoms with Gasteiger partial charge in [-0.2, -0.15) is 0 Å². The average molecular weight is 376 g/mol. The van der Waals surface area contributed by atoms with Crippen LogP contribution in [0.2, 0.25) is 5.02 Å². The third-order valence-corrected chi connectivity index (χ3v) is 4.47. The molecule has 2 unspecified atom stereocenters. The van der Waals surface area contributed by atoms with E-state index in [-0.39, 0.29) is 39.6 Å². The minimum Gasteiger partial charge on any atom is -0.360 e. The first-order chi connectivity index (χ1) is 12.5. The molecule has 0 bridgehead atoms. The summed E-state index contributed by atoms with van der Waals surface area (Å²) >= 11 is 6.08. The highest BCUT2D eigenvalue weighted by Gasteiger charge is 2.28. The molecule has 0 spiro atoms. The van der Waals surface area contributed by atoms with Crippen molar-refractivity contribution in [2.45, 2.75) is 19.4 Å². The maximum Gasteiger partial charge on any atom is 0.257 e. The molecule has 0 saturated heterocycles. The fourth-order valence-electron chi connectivity index (χ4n) is 2.93. The monoisotopic (exact) mass is 375 g/mol. The van der Waals surface area contributed by atoms with Gasteiger partial charge in [0, 0.05) is 17.5 Å². The highest BCUT2D eigenvalue weighted by atomic mass is 35.5. The molecule has 1 aliphatic rings. The zero-order chi connectivity index (χ0) is 18.7. The van der Waals surface area contributed by atoms with Crippen molar-refractivity contribution in [3.8, 4) is 11.3 Å². The van der Waals surface area contributed by atoms with Gasteiger partial charge in [0.2, 0.25) is 0 Å². The lowest BCUT2D eigenvalue weighted by atomic mass is 10.0. The number of halogens is 2. The Labute approximate surface area is 153 Å². The number of nitrogens with one attached hydrogen (secondary N) is 1. The van der Waals surface area contributed by atoms with Gasteiger partial charge in [0.1, 0.15) is 22.8 Å². The standard InChI is InChI=1S/C17H15ClFN5O2/c1-9-14(16(23-26-9)15-12(18)3-2-4-13(15)19)17(25)22-11-6-5-10(7-11)8-21-24-20/h2-6,10-11H,7-8H2,1H3,(H,22,25). The van der Waals surface area contributed by atoms with Crippen LogP contribution in [-0.2, 0) is 0 Å². The van der Waals surface area contributed by atoms with E-state index >= 15 is 0 Å². The molecule has 2 atom stereocenters. The minimum atomic E-state index is -0.588. The topological polar surface area (TPSA) is 104 Å². The van der Waals surface area contributed by atoms with Crippen LogP contribution in [0.3, 0.4) is 0 Å². The van der Waals surface area contributed by atoms with E-state index in [1.165, 1.54) is 18.2 Å². The second kappa shape index (κ2) is 7.59. The second-order valence-electron chi connectivity index (χ2n) is 5.93. The molecule has 1 N–H and O–H groups in total. The first kappa shape index (κ1) is 18.0. The third-order valence-electron chi connectivity index (χ3n) is 4.16. The van der Waals surface area contributed by atoms with Crippen LogP contribution in [-0.4, -0.2) is 23.7 Å². The summed E-state index contributed by atoms with van der Waals surface area (Å²) in [5, 5.41) is 10.4. The van der Waals surface area contributed by atoms with Crippen LogP contribution in [0.5, 0.6) is 0 Å². The molecule has 3 rings (SSSR count). The van der Waals surface area contributed by atoms with Crippen molar-refractivity contribution in [1.29, 1.82) is 0 Å². The molecule has 1 aromatic heterocycles. The summed E-state index contributed by atoms with van der Waals surface area (Å²) in [5.41, 5.74) is 8.62. The number of rotatable bonds is 5. The number of carbonyl (C=O) groups is 1. The van der Waals surface area contributed by atoms with E-state index in [0.717, 1.165) is 0 Å². The largest absolute Gasteiger partial charge is 0.360 e. The molecule has 1 amide bonds. The van der Waals surface area contributed by atoms with Crippen LogP contribution in [0.1, 0.15) is 22.5 Å². The van der Waals surface area contributed by atoms with E-state index in [2.05, 4.69) is 20.5 Å². The van der Waals surface area contributed by atoms with E-state index in [1.54, 1.807) is 6.92 Å². The zero-order valence-electron chi connectivity index (χ0n) is 13.8. The molecular weight excluding hydrogens is 361 g/mol. The Morgan fingerprint density at radius 3 is 3.08 bits per heavy atom. The molecule has 134 valence electrons. The predicted octanol–water partition coefficient (Wildman–Crippen LogP) is 4.43. The third kappa shape index (κ3) is 3.56. The molecule has 0 saturated carbocycles. The Morgan fingerprint density at radius 1 is 1.54 bits per heavy atom. The highest BCUT2D eigenvalue weighted by molar-refractivity contribution is 6.33. The van der Waals surface area contributed by atoms with Gasteiger partial charge in [0.25, 0.3) is 5.91 Å². The van der Waals surface area contributed by atoms with Crippen LogP contribution in [0.25, 0.3) is 21.7 Å². The molecule has 7 nitrogen and oxygen atoms in total. The first-order valence-corrected chi connectivity index (χ1v) is 8.29. The van der Waals surface area contributed by atoms with Crippen molar-refractivity contribution in [2.75, 3.05) is 6.54 Å². The van der Waals surface area contributed by atoms with Gasteiger partial charge >= 0.3 is 0 Å². The quantitative estimate of drug-likeness (QED) is 0.361. The molecule has 0 fully saturated rings. The van der Waals surface area contributed by atoms with Gasteiger partial charge in [-0.05, 0) is 36.9 Å². The molecule has 1 aromatic carbocycles. The number of carbonyl (C=O) groups excluding carboxylic acids is 1. The number of hydrogen-bond donors (Lipinski definition) is 1. The van der Waals surface area contributed by atoms with E-state index < -0.39 is 11.7 Å². The summed E-state index contributed by atoms with van der Waals surface area (Å²) in [4.78, 5) is 15.5. The van der Waals surface area contributed by atoms with Gasteiger partial charge in [-0.15, -0.1) is 0 Å². The first-order valence-electron chi connectivity index (χ1n) is 7.92. The number of nitrogens with zero attached hydrogens (tertiary/aromatic N) is 4. The maximum absolute atomic E-state index is 14.2. The smallest absolute Gasteiger partial charge is 0.257 e. The summed E-state index contributed by atoms with van der Waals surface area (Å²) in [6.45, 7) is 1.91. The highest BCUT2D eigenvalue weighted by Crippen LogP contribution is 2.33. The van der Waals surface area contributed by atoms with E-state index in [9.17, 15) is 9.18 Å². The number of aryl methyl sites for hydroxylation is 1. The van der Waals surface area contributed by atoms with Crippen LogP contribution < -0.4 is 5.32 Å². The summed E-state index contributed by atoms with van der Waals surface area (Å²) in [5.74, 6) is -0.683. The van der Waals surface area contributed by atoms with Crippen LogP contribution in [0, 0.1) is 18.7 Å². The van der Waals surface area contributed by atoms with Crippen molar-refractivity contribution in [3.63, 3.8) is 0 Å². The Morgan fingerprint density at radius 2 is 2.35 bits per heavy atom. The number of hydrogen-bond acceptors (Lipinski definition) is 4. The fourth-order valence-corrected chi connectivity index (χ4v) is 3.19. The molecule has 0 aliphatic heterocycles. The van der Waals surface area contributed by atoms with Gasteiger partial charge in [-0.25, -0.2) is 4.39 Å². The van der Waals surface area contributed by atoms with Crippen molar-refractivity contribution in [3.05, 3.63) is 63.0 Å². The zero-order valence-corrected chi connectivity index (χ0v) is 14.6. The lowest BCUT2D eigenvalue weighted by Crippen LogP contribution is -2.33. The van der Waals surface area contributed by atoms with Crippen molar-refractivity contribution in [1.82, 2.24) is 10.5 Å². The lowest BCUT2D eigenvalue weighted by molar-refractivity contribution is 0.0942. The molecule has 9 heteroatoms. The fraction of sp³-hybridized carbons (Fsp3) is 0.294. The lowest BCUT2D eigenvalue weighted by Gasteiger charge is -2.13. The molecule has 1 aliphatic carbocycles. The van der Waals surface area contributed by atoms with E-state index in [4.69, 9.17) is 21.7 Å². The van der Waals surface area contributed by atoms with Crippen molar-refractivity contribution < 1.29 is 13.7 Å². The minimum absolute atomic E-state index is 0.0272. The normalized spacial score (nSPS) is 18.6. The van der Waals surface area contributed by atoms with Crippen LogP contribution in [0.15, 0.2) is 40.0 Å². The van der Waals surface area contributed by atoms with E-state index in [1.807, 2.05) is 12.2 Å². The van der Waals surface area contributed by atoms with Crippen molar-refractivity contribution in [2.24, 2.45) is 11.0 Å². The van der Waals surface area contributed by atoms with Crippen LogP contribution >= 0.6 is 11.6 Å².